The fraction of sp³-hybridized carbons (Fsp3) is 0.333. The van der Waals surface area contributed by atoms with Gasteiger partial charge < -0.3 is 19.7 Å². The van der Waals surface area contributed by atoms with Gasteiger partial charge in [-0.2, -0.15) is 0 Å². The number of ketones is 1. The Morgan fingerprint density at radius 2 is 2.04 bits per heavy atom. The summed E-state index contributed by atoms with van der Waals surface area (Å²) in [6.07, 6.45) is 1.03. The summed E-state index contributed by atoms with van der Waals surface area (Å²) in [5.74, 6) is -0.448. The monoisotopic (exact) mass is 379 g/mol. The number of Topliss-reactive ketones (excluding diaryl/α,β-unsaturated/α-hetero) is 1. The predicted molar refractivity (Wildman–Crippen MR) is 104 cm³/mol. The fourth-order valence-corrected chi connectivity index (χ4v) is 3.98. The van der Waals surface area contributed by atoms with Crippen molar-refractivity contribution in [2.75, 3.05) is 7.11 Å². The van der Waals surface area contributed by atoms with Crippen molar-refractivity contribution in [2.45, 2.75) is 38.2 Å². The topological polar surface area (TPSA) is 84.9 Å². The first kappa shape index (κ1) is 18.7. The second-order valence-electron chi connectivity index (χ2n) is 7.38. The van der Waals surface area contributed by atoms with Crippen LogP contribution in [0.3, 0.4) is 0 Å². The van der Waals surface area contributed by atoms with E-state index in [0.29, 0.717) is 18.6 Å². The zero-order chi connectivity index (χ0) is 19.7. The number of carbonyl (C=O) groups is 2. The molecule has 28 heavy (non-hydrogen) atoms. The van der Waals surface area contributed by atoms with Crippen LogP contribution in [0.4, 0.5) is 0 Å². The molecule has 0 spiro atoms. The quantitative estimate of drug-likeness (QED) is 0.611. The van der Waals surface area contributed by atoms with Crippen LogP contribution in [0.2, 0.25) is 5.82 Å². The molecule has 2 aliphatic heterocycles. The van der Waals surface area contributed by atoms with Crippen molar-refractivity contribution in [1.82, 2.24) is 5.32 Å². The predicted octanol–water partition coefficient (Wildman–Crippen LogP) is 2.06. The third-order valence-electron chi connectivity index (χ3n) is 5.42. The molecule has 144 valence electrons. The van der Waals surface area contributed by atoms with E-state index >= 15 is 0 Å². The van der Waals surface area contributed by atoms with Gasteiger partial charge >= 0.3 is 13.1 Å². The van der Waals surface area contributed by atoms with Crippen LogP contribution in [0.5, 0.6) is 5.75 Å². The third-order valence-corrected chi connectivity index (χ3v) is 5.42. The summed E-state index contributed by atoms with van der Waals surface area (Å²) in [4.78, 5) is 24.5. The lowest BCUT2D eigenvalue weighted by molar-refractivity contribution is -0.118. The zero-order valence-electron chi connectivity index (χ0n) is 15.7. The van der Waals surface area contributed by atoms with Crippen molar-refractivity contribution in [2.24, 2.45) is 0 Å². The van der Waals surface area contributed by atoms with Gasteiger partial charge in [-0.15, -0.1) is 0 Å². The van der Waals surface area contributed by atoms with Crippen LogP contribution in [0, 0.1) is 0 Å². The number of hydrogen-bond acceptors (Lipinski definition) is 6. The molecule has 0 fully saturated rings. The molecule has 2 aromatic rings. The second-order valence-corrected chi connectivity index (χ2v) is 7.38. The maximum atomic E-state index is 12.6. The molecule has 4 rings (SSSR count). The van der Waals surface area contributed by atoms with Crippen LogP contribution in [0.15, 0.2) is 36.4 Å². The highest BCUT2D eigenvalue weighted by Crippen LogP contribution is 2.36. The molecule has 0 amide bonds. The Morgan fingerprint density at radius 1 is 1.21 bits per heavy atom. The lowest BCUT2D eigenvalue weighted by Crippen LogP contribution is -2.36. The summed E-state index contributed by atoms with van der Waals surface area (Å²) >= 11 is 0. The number of methoxy groups -OCH3 is 1. The van der Waals surface area contributed by atoms with E-state index in [0.717, 1.165) is 24.2 Å². The molecule has 0 unspecified atom stereocenters. The van der Waals surface area contributed by atoms with E-state index in [9.17, 15) is 14.6 Å². The molecular formula is C21H22BNO5. The molecule has 0 bridgehead atoms. The summed E-state index contributed by atoms with van der Waals surface area (Å²) in [7, 11) is 0.170. The Morgan fingerprint density at radius 3 is 2.86 bits per heavy atom. The Labute approximate surface area is 164 Å². The summed E-state index contributed by atoms with van der Waals surface area (Å²) < 4.78 is 10.4. The zero-order valence-corrected chi connectivity index (χ0v) is 15.7. The standard InChI is InChI=1S/C21H22BNO5/c1-27-21(25)19-4-2-3-14-9-17(22(26)28-20(14)19)10-18(24)8-13-5-6-15-11-23-12-16(15)7-13/h2-7,17,23,26H,8-12H2,1H3/t17-/m1/s1. The van der Waals surface area contributed by atoms with Crippen molar-refractivity contribution >= 4 is 18.9 Å². The summed E-state index contributed by atoms with van der Waals surface area (Å²) in [6.45, 7) is 1.72. The largest absolute Gasteiger partial charge is 0.535 e. The fourth-order valence-electron chi connectivity index (χ4n) is 3.98. The number of carbonyl (C=O) groups excluding carboxylic acids is 2. The van der Waals surface area contributed by atoms with E-state index in [1.54, 1.807) is 12.1 Å². The van der Waals surface area contributed by atoms with E-state index < -0.39 is 13.1 Å². The van der Waals surface area contributed by atoms with E-state index in [4.69, 9.17) is 9.39 Å². The number of para-hydroxylation sites is 1. The minimum absolute atomic E-state index is 0.0612. The molecule has 0 radical (unpaired) electrons. The molecule has 6 nitrogen and oxygen atoms in total. The highest BCUT2D eigenvalue weighted by atomic mass is 16.5. The van der Waals surface area contributed by atoms with Gasteiger partial charge in [0.2, 0.25) is 0 Å². The Kier molecular flexibility index (Phi) is 5.20. The van der Waals surface area contributed by atoms with Gasteiger partial charge in [0.05, 0.1) is 7.11 Å². The minimum atomic E-state index is -1.13. The van der Waals surface area contributed by atoms with Crippen LogP contribution in [-0.4, -0.2) is 31.0 Å². The van der Waals surface area contributed by atoms with Gasteiger partial charge in [0.1, 0.15) is 17.1 Å². The number of ether oxygens (including phenoxy) is 1. The van der Waals surface area contributed by atoms with E-state index in [2.05, 4.69) is 17.4 Å². The molecule has 1 atom stereocenters. The Hall–Kier alpha value is -2.64. The number of rotatable bonds is 5. The van der Waals surface area contributed by atoms with Crippen LogP contribution in [-0.2, 0) is 35.5 Å². The van der Waals surface area contributed by atoms with E-state index in [1.165, 1.54) is 18.2 Å². The van der Waals surface area contributed by atoms with Gasteiger partial charge in [0, 0.05) is 31.7 Å². The molecule has 2 N–H and O–H groups in total. The van der Waals surface area contributed by atoms with E-state index in [1.807, 2.05) is 12.1 Å². The van der Waals surface area contributed by atoms with Gasteiger partial charge in [-0.3, -0.25) is 4.79 Å². The average Bonchev–Trinajstić information content (AvgIpc) is 3.15. The van der Waals surface area contributed by atoms with Gasteiger partial charge in [0.25, 0.3) is 0 Å². The SMILES string of the molecule is COC(=O)c1cccc2c1OB(O)[C@@H](CC(=O)Cc1ccc3c(c1)CNC3)C2. The number of esters is 1. The van der Waals surface area contributed by atoms with Crippen molar-refractivity contribution in [1.29, 1.82) is 0 Å². The highest BCUT2D eigenvalue weighted by molar-refractivity contribution is 6.47. The molecule has 0 aliphatic carbocycles. The molecule has 2 aromatic carbocycles. The lowest BCUT2D eigenvalue weighted by Gasteiger charge is -2.28. The smallest absolute Gasteiger partial charge is 0.526 e. The third kappa shape index (κ3) is 3.68. The minimum Gasteiger partial charge on any atom is -0.535 e. The van der Waals surface area contributed by atoms with E-state index in [-0.39, 0.29) is 23.6 Å². The van der Waals surface area contributed by atoms with Crippen molar-refractivity contribution < 1.29 is 24.0 Å². The van der Waals surface area contributed by atoms with Gasteiger partial charge in [-0.1, -0.05) is 30.3 Å². The molecule has 7 heteroatoms. The number of nitrogens with one attached hydrogen (secondary N) is 1. The lowest BCUT2D eigenvalue weighted by atomic mass is 9.64. The molecule has 0 aromatic heterocycles. The molecule has 2 heterocycles. The van der Waals surface area contributed by atoms with Crippen LogP contribution < -0.4 is 9.97 Å². The summed E-state index contributed by atoms with van der Waals surface area (Å²) in [5, 5.41) is 13.7. The number of hydrogen-bond donors (Lipinski definition) is 2. The molecule has 0 saturated heterocycles. The van der Waals surface area contributed by atoms with Crippen LogP contribution in [0.25, 0.3) is 0 Å². The number of fused-ring (bicyclic) bond motifs is 2. The normalized spacial score (nSPS) is 17.5. The van der Waals surface area contributed by atoms with Gasteiger partial charge in [-0.05, 0) is 34.7 Å². The first-order valence-electron chi connectivity index (χ1n) is 9.43. The van der Waals surface area contributed by atoms with Gasteiger partial charge in [0.15, 0.2) is 0 Å². The molecule has 0 saturated carbocycles. The summed E-state index contributed by atoms with van der Waals surface area (Å²) in [5.41, 5.74) is 4.61. The van der Waals surface area contributed by atoms with Crippen LogP contribution >= 0.6 is 0 Å². The molecular weight excluding hydrogens is 357 g/mol. The average molecular weight is 379 g/mol. The first-order valence-corrected chi connectivity index (χ1v) is 9.43. The number of benzene rings is 2. The molecule has 2 aliphatic rings. The van der Waals surface area contributed by atoms with Crippen molar-refractivity contribution in [3.8, 4) is 5.75 Å². The Bertz CT molecular complexity index is 929. The highest BCUT2D eigenvalue weighted by Gasteiger charge is 2.37. The summed E-state index contributed by atoms with van der Waals surface area (Å²) in [6, 6.07) is 11.4. The Balaban J connectivity index is 1.44. The maximum Gasteiger partial charge on any atom is 0.526 e. The van der Waals surface area contributed by atoms with Crippen molar-refractivity contribution in [3.05, 3.63) is 64.2 Å². The van der Waals surface area contributed by atoms with Crippen molar-refractivity contribution in [3.63, 3.8) is 0 Å². The maximum absolute atomic E-state index is 12.6. The first-order chi connectivity index (χ1) is 13.5. The van der Waals surface area contributed by atoms with Gasteiger partial charge in [-0.25, -0.2) is 4.79 Å². The second kappa shape index (κ2) is 7.77. The van der Waals surface area contributed by atoms with Crippen LogP contribution in [0.1, 0.15) is 39.0 Å².